The number of anilines is 1. The van der Waals surface area contributed by atoms with E-state index in [4.69, 9.17) is 37.4 Å². The topological polar surface area (TPSA) is 68.3 Å². The van der Waals surface area contributed by atoms with Gasteiger partial charge in [-0.1, -0.05) is 98.9 Å². The molecule has 0 bridgehead atoms. The molecule has 0 aromatic heterocycles. The van der Waals surface area contributed by atoms with Gasteiger partial charge in [0.25, 0.3) is 5.91 Å². The van der Waals surface area contributed by atoms with Crippen LogP contribution in [0.4, 0.5) is 5.69 Å². The first-order valence-corrected chi connectivity index (χ1v) is 20.0. The number of esters is 1. The molecule has 8 rings (SSSR count). The monoisotopic (exact) mass is 766 g/mol. The third-order valence-corrected chi connectivity index (χ3v) is 13.2. The molecule has 1 amide bonds. The standard InChI is InChI=1S/C45H48Cl2N2O5/c1-27-10-16-34-40(20-27)54-44(51)39-23-31-22-38-41(24-32(31)25-49(39)37(18-19-45(34,2)3)29-8-6-5-7-9-29)53-42(43(50)48(38)4)30-12-14-33(15-13-30)52-26-28-11-17-35(46)36(47)21-28/h5-9,11-15,17,21-22,24,27,34,37,39-40,42H,10,16,18-20,23,25-26H2,1-4H3/t27-,34-,37-,39+,40-,42+/m1/s1. The van der Waals surface area contributed by atoms with Gasteiger partial charge in [0.2, 0.25) is 6.10 Å². The van der Waals surface area contributed by atoms with Crippen LogP contribution >= 0.6 is 23.2 Å². The van der Waals surface area contributed by atoms with E-state index < -0.39 is 12.1 Å². The van der Waals surface area contributed by atoms with E-state index >= 15 is 0 Å². The van der Waals surface area contributed by atoms with Crippen LogP contribution in [0.3, 0.4) is 0 Å². The predicted molar refractivity (Wildman–Crippen MR) is 212 cm³/mol. The number of fused-ring (bicyclic) bond motifs is 4. The van der Waals surface area contributed by atoms with Crippen LogP contribution in [0.25, 0.3) is 0 Å². The zero-order valence-electron chi connectivity index (χ0n) is 31.4. The highest BCUT2D eigenvalue weighted by atomic mass is 35.5. The molecule has 9 heteroatoms. The smallest absolute Gasteiger partial charge is 0.324 e. The summed E-state index contributed by atoms with van der Waals surface area (Å²) in [5, 5.41) is 0.979. The number of hydrogen-bond acceptors (Lipinski definition) is 6. The fourth-order valence-corrected chi connectivity index (χ4v) is 9.54. The number of rotatable bonds is 5. The molecule has 0 spiro atoms. The van der Waals surface area contributed by atoms with Crippen molar-refractivity contribution in [2.45, 2.75) is 96.7 Å². The molecule has 6 atom stereocenters. The van der Waals surface area contributed by atoms with Crippen LogP contribution in [0, 0.1) is 17.3 Å². The number of amides is 1. The van der Waals surface area contributed by atoms with Gasteiger partial charge in [-0.15, -0.1) is 0 Å². The summed E-state index contributed by atoms with van der Waals surface area (Å²) in [4.78, 5) is 32.3. The zero-order valence-corrected chi connectivity index (χ0v) is 32.9. The molecular formula is C45H48Cl2N2O5. The van der Waals surface area contributed by atoms with Crippen molar-refractivity contribution in [1.29, 1.82) is 0 Å². The van der Waals surface area contributed by atoms with Gasteiger partial charge in [0.15, 0.2) is 0 Å². The van der Waals surface area contributed by atoms with Crippen molar-refractivity contribution in [3.63, 3.8) is 0 Å². The van der Waals surface area contributed by atoms with Crippen LogP contribution in [0.15, 0.2) is 84.9 Å². The average molecular weight is 768 g/mol. The predicted octanol–water partition coefficient (Wildman–Crippen LogP) is 10.3. The van der Waals surface area contributed by atoms with Crippen molar-refractivity contribution in [3.05, 3.63) is 123 Å². The molecule has 3 heterocycles. The highest BCUT2D eigenvalue weighted by Crippen LogP contribution is 2.49. The first kappa shape index (κ1) is 36.9. The highest BCUT2D eigenvalue weighted by Gasteiger charge is 2.46. The molecule has 1 aliphatic carbocycles. The minimum atomic E-state index is -0.810. The summed E-state index contributed by atoms with van der Waals surface area (Å²) in [5.74, 6) is 1.89. The second-order valence-corrected chi connectivity index (χ2v) is 17.3. The Hall–Kier alpha value is -4.04. The normalized spacial score (nSPS) is 26.7. The molecule has 1 saturated carbocycles. The number of carbonyl (C=O) groups is 2. The van der Waals surface area contributed by atoms with E-state index in [1.54, 1.807) is 24.1 Å². The summed E-state index contributed by atoms with van der Waals surface area (Å²) in [5.41, 5.74) is 5.75. The zero-order chi connectivity index (χ0) is 37.7. The van der Waals surface area contributed by atoms with Crippen LogP contribution in [-0.2, 0) is 33.9 Å². The molecule has 282 valence electrons. The number of hydrogen-bond donors (Lipinski definition) is 0. The van der Waals surface area contributed by atoms with E-state index in [1.165, 1.54) is 12.0 Å². The first-order chi connectivity index (χ1) is 25.9. The van der Waals surface area contributed by atoms with Crippen LogP contribution in [0.5, 0.6) is 11.5 Å². The second-order valence-electron chi connectivity index (χ2n) is 16.4. The number of carbonyl (C=O) groups excluding carboxylic acids is 2. The Morgan fingerprint density at radius 1 is 0.833 bits per heavy atom. The average Bonchev–Trinajstić information content (AvgIpc) is 3.16. The number of benzene rings is 4. The van der Waals surface area contributed by atoms with Crippen LogP contribution < -0.4 is 14.4 Å². The van der Waals surface area contributed by atoms with Crippen LogP contribution in [0.1, 0.15) is 92.8 Å². The molecular weight excluding hydrogens is 719 g/mol. The van der Waals surface area contributed by atoms with Gasteiger partial charge in [-0.2, -0.15) is 0 Å². The van der Waals surface area contributed by atoms with Crippen molar-refractivity contribution < 1.29 is 23.8 Å². The lowest BCUT2D eigenvalue weighted by Gasteiger charge is -2.48. The van der Waals surface area contributed by atoms with Crippen LogP contribution in [-0.4, -0.2) is 36.0 Å². The Kier molecular flexibility index (Phi) is 10.2. The maximum atomic E-state index is 14.4. The highest BCUT2D eigenvalue weighted by molar-refractivity contribution is 6.42. The quantitative estimate of drug-likeness (QED) is 0.188. The van der Waals surface area contributed by atoms with E-state index in [0.29, 0.717) is 58.6 Å². The molecule has 1 saturated heterocycles. The second kappa shape index (κ2) is 14.9. The van der Waals surface area contributed by atoms with Gasteiger partial charge >= 0.3 is 5.97 Å². The summed E-state index contributed by atoms with van der Waals surface area (Å²) < 4.78 is 19.1. The lowest BCUT2D eigenvalue weighted by atomic mass is 9.65. The largest absolute Gasteiger partial charge is 0.489 e. The Morgan fingerprint density at radius 3 is 2.37 bits per heavy atom. The van der Waals surface area contributed by atoms with Crippen LogP contribution in [0.2, 0.25) is 10.0 Å². The minimum Gasteiger partial charge on any atom is -0.489 e. The van der Waals surface area contributed by atoms with E-state index in [1.807, 2.05) is 36.4 Å². The maximum absolute atomic E-state index is 14.4. The van der Waals surface area contributed by atoms with Crippen molar-refractivity contribution in [2.24, 2.45) is 17.3 Å². The molecule has 7 nitrogen and oxygen atoms in total. The summed E-state index contributed by atoms with van der Waals surface area (Å²) >= 11 is 12.2. The fourth-order valence-electron chi connectivity index (χ4n) is 9.22. The first-order valence-electron chi connectivity index (χ1n) is 19.2. The van der Waals surface area contributed by atoms with E-state index in [2.05, 4.69) is 62.1 Å². The fraction of sp³-hybridized carbons (Fsp3) is 0.422. The summed E-state index contributed by atoms with van der Waals surface area (Å²) in [6.07, 6.45) is 4.79. The van der Waals surface area contributed by atoms with Crippen molar-refractivity contribution >= 4 is 40.8 Å². The van der Waals surface area contributed by atoms with Gasteiger partial charge < -0.3 is 19.1 Å². The SMILES string of the molecule is C[C@@H]1CC[C@@H]2[C@@H](C1)OC(=O)[C@@H]1Cc3cc4c(cc3CN1[C@@H](c1ccccc1)CCC2(C)C)O[C@@H](c1ccc(OCc2ccc(Cl)c(Cl)c2)cc1)C(=O)N4C. The van der Waals surface area contributed by atoms with Gasteiger partial charge in [-0.25, -0.2) is 0 Å². The molecule has 4 aromatic carbocycles. The number of ether oxygens (including phenoxy) is 3. The van der Waals surface area contributed by atoms with Crippen molar-refractivity contribution in [2.75, 3.05) is 11.9 Å². The summed E-state index contributed by atoms with van der Waals surface area (Å²) in [6.45, 7) is 7.93. The van der Waals surface area contributed by atoms with Gasteiger partial charge in [-0.05, 0) is 102 Å². The minimum absolute atomic E-state index is 0.0347. The third-order valence-electron chi connectivity index (χ3n) is 12.4. The Labute approximate surface area is 328 Å². The lowest BCUT2D eigenvalue weighted by Crippen LogP contribution is -2.52. The lowest BCUT2D eigenvalue weighted by molar-refractivity contribution is -0.169. The molecule has 54 heavy (non-hydrogen) atoms. The van der Waals surface area contributed by atoms with Crippen molar-refractivity contribution in [1.82, 2.24) is 4.90 Å². The van der Waals surface area contributed by atoms with Gasteiger partial charge in [-0.3, -0.25) is 14.5 Å². The molecule has 4 aliphatic rings. The Morgan fingerprint density at radius 2 is 1.61 bits per heavy atom. The van der Waals surface area contributed by atoms with Gasteiger partial charge in [0, 0.05) is 31.1 Å². The molecule has 0 N–H and O–H groups in total. The molecule has 0 unspecified atom stereocenters. The van der Waals surface area contributed by atoms with Gasteiger partial charge in [0.05, 0.1) is 15.7 Å². The maximum Gasteiger partial charge on any atom is 0.324 e. The molecule has 4 aromatic rings. The molecule has 2 fully saturated rings. The summed E-state index contributed by atoms with van der Waals surface area (Å²) in [6, 6.07) is 27.2. The summed E-state index contributed by atoms with van der Waals surface area (Å²) in [7, 11) is 1.79. The number of halogens is 2. The number of likely N-dealkylation sites (N-methyl/N-ethyl adjacent to an activating group) is 1. The van der Waals surface area contributed by atoms with E-state index in [9.17, 15) is 9.59 Å². The number of nitrogens with zero attached hydrogens (tertiary/aromatic N) is 2. The third kappa shape index (κ3) is 7.23. The molecule has 3 aliphatic heterocycles. The van der Waals surface area contributed by atoms with Gasteiger partial charge in [0.1, 0.15) is 30.3 Å². The Balaban J connectivity index is 1.07. The Bertz CT molecular complexity index is 2040. The van der Waals surface area contributed by atoms with Crippen molar-refractivity contribution in [3.8, 4) is 11.5 Å². The van der Waals surface area contributed by atoms with E-state index in [0.717, 1.165) is 47.9 Å². The molecule has 0 radical (unpaired) electrons. The van der Waals surface area contributed by atoms with E-state index in [-0.39, 0.29) is 29.4 Å².